The highest BCUT2D eigenvalue weighted by Crippen LogP contribution is 2.29. The number of fused-ring (bicyclic) bond motifs is 1. The number of aromatic hydroxyl groups is 1. The van der Waals surface area contributed by atoms with Gasteiger partial charge in [0.1, 0.15) is 5.75 Å². The Hall–Kier alpha value is -3.57. The summed E-state index contributed by atoms with van der Waals surface area (Å²) in [5.74, 6) is 0.237. The lowest BCUT2D eigenvalue weighted by Gasteiger charge is -2.39. The van der Waals surface area contributed by atoms with Crippen LogP contribution in [0.4, 0.5) is 0 Å². The van der Waals surface area contributed by atoms with E-state index in [-0.39, 0.29) is 17.7 Å². The standard InChI is InChI=1S/C31H35N3O2/c1-23-30(28-22-27(35)12-13-29(28)32-23)31(36)34(21-15-25-10-6-3-7-11-25)26-16-19-33(20-17-26)18-14-24-8-4-2-5-9-24/h2-13,22,26,32,35H,14-21H2,1H3. The molecule has 1 aliphatic rings. The first-order valence-corrected chi connectivity index (χ1v) is 13.0. The largest absolute Gasteiger partial charge is 0.508 e. The van der Waals surface area contributed by atoms with Gasteiger partial charge in [0.15, 0.2) is 0 Å². The van der Waals surface area contributed by atoms with Gasteiger partial charge in [-0.15, -0.1) is 0 Å². The quantitative estimate of drug-likeness (QED) is 0.346. The van der Waals surface area contributed by atoms with E-state index in [2.05, 4.69) is 69.4 Å². The van der Waals surface area contributed by atoms with Gasteiger partial charge in [-0.1, -0.05) is 60.7 Å². The number of rotatable bonds is 8. The van der Waals surface area contributed by atoms with Crippen molar-refractivity contribution in [3.63, 3.8) is 0 Å². The van der Waals surface area contributed by atoms with Crippen LogP contribution in [-0.4, -0.2) is 58.0 Å². The van der Waals surface area contributed by atoms with Crippen LogP contribution in [0.5, 0.6) is 5.75 Å². The second-order valence-corrected chi connectivity index (χ2v) is 9.90. The van der Waals surface area contributed by atoms with Crippen molar-refractivity contribution in [1.29, 1.82) is 0 Å². The van der Waals surface area contributed by atoms with Crippen molar-refractivity contribution >= 4 is 16.8 Å². The summed E-state index contributed by atoms with van der Waals surface area (Å²) in [4.78, 5) is 22.0. The number of aryl methyl sites for hydroxylation is 1. The van der Waals surface area contributed by atoms with Gasteiger partial charge in [0.2, 0.25) is 0 Å². The molecule has 186 valence electrons. The highest BCUT2D eigenvalue weighted by molar-refractivity contribution is 6.08. The fourth-order valence-electron chi connectivity index (χ4n) is 5.46. The van der Waals surface area contributed by atoms with Crippen LogP contribution in [0.1, 0.15) is 40.0 Å². The molecule has 1 saturated heterocycles. The van der Waals surface area contributed by atoms with Crippen LogP contribution in [0, 0.1) is 6.92 Å². The van der Waals surface area contributed by atoms with E-state index in [4.69, 9.17) is 0 Å². The number of aromatic amines is 1. The maximum Gasteiger partial charge on any atom is 0.256 e. The highest BCUT2D eigenvalue weighted by Gasteiger charge is 2.30. The second-order valence-electron chi connectivity index (χ2n) is 9.90. The van der Waals surface area contributed by atoms with Crippen molar-refractivity contribution in [2.75, 3.05) is 26.2 Å². The number of piperidine rings is 1. The number of H-pyrrole nitrogens is 1. The van der Waals surface area contributed by atoms with Crippen LogP contribution >= 0.6 is 0 Å². The van der Waals surface area contributed by atoms with Crippen LogP contribution < -0.4 is 0 Å². The summed E-state index contributed by atoms with van der Waals surface area (Å²) in [5, 5.41) is 10.9. The second kappa shape index (κ2) is 11.0. The summed E-state index contributed by atoms with van der Waals surface area (Å²) in [6.45, 7) is 5.68. The van der Waals surface area contributed by atoms with E-state index in [1.54, 1.807) is 12.1 Å². The summed E-state index contributed by atoms with van der Waals surface area (Å²) >= 11 is 0. The third-order valence-electron chi connectivity index (χ3n) is 7.49. The number of aromatic nitrogens is 1. The molecule has 0 bridgehead atoms. The van der Waals surface area contributed by atoms with E-state index < -0.39 is 0 Å². The van der Waals surface area contributed by atoms with Crippen molar-refractivity contribution in [3.05, 3.63) is 101 Å². The molecule has 0 unspecified atom stereocenters. The molecule has 1 aliphatic heterocycles. The van der Waals surface area contributed by atoms with Crippen LogP contribution in [0.25, 0.3) is 10.9 Å². The Morgan fingerprint density at radius 3 is 2.25 bits per heavy atom. The molecule has 0 radical (unpaired) electrons. The number of nitrogens with one attached hydrogen (secondary N) is 1. The Morgan fingerprint density at radius 1 is 0.944 bits per heavy atom. The number of hydrogen-bond donors (Lipinski definition) is 2. The van der Waals surface area contributed by atoms with E-state index in [9.17, 15) is 9.90 Å². The Kier molecular flexibility index (Phi) is 7.38. The summed E-state index contributed by atoms with van der Waals surface area (Å²) < 4.78 is 0. The van der Waals surface area contributed by atoms with Crippen molar-refractivity contribution in [3.8, 4) is 5.75 Å². The molecule has 0 saturated carbocycles. The average molecular weight is 482 g/mol. The number of phenols is 1. The zero-order valence-electron chi connectivity index (χ0n) is 21.0. The van der Waals surface area contributed by atoms with E-state index in [0.717, 1.165) is 61.9 Å². The van der Waals surface area contributed by atoms with E-state index in [1.807, 2.05) is 19.1 Å². The molecule has 4 aromatic rings. The van der Waals surface area contributed by atoms with Crippen LogP contribution in [0.2, 0.25) is 0 Å². The van der Waals surface area contributed by atoms with Crippen LogP contribution in [0.3, 0.4) is 0 Å². The number of amides is 1. The van der Waals surface area contributed by atoms with Crippen LogP contribution in [-0.2, 0) is 12.8 Å². The third kappa shape index (κ3) is 5.47. The van der Waals surface area contributed by atoms with Crippen molar-refractivity contribution in [1.82, 2.24) is 14.8 Å². The molecule has 5 nitrogen and oxygen atoms in total. The maximum absolute atomic E-state index is 14.1. The zero-order chi connectivity index (χ0) is 24.9. The minimum atomic E-state index is 0.0583. The lowest BCUT2D eigenvalue weighted by Crippen LogP contribution is -2.48. The highest BCUT2D eigenvalue weighted by atomic mass is 16.3. The van der Waals surface area contributed by atoms with Gasteiger partial charge in [-0.25, -0.2) is 0 Å². The third-order valence-corrected chi connectivity index (χ3v) is 7.49. The molecule has 5 heteroatoms. The first kappa shape index (κ1) is 24.1. The number of phenolic OH excluding ortho intramolecular Hbond substituents is 1. The Morgan fingerprint density at radius 2 is 1.58 bits per heavy atom. The molecule has 2 heterocycles. The molecule has 1 aromatic heterocycles. The number of hydrogen-bond acceptors (Lipinski definition) is 3. The summed E-state index contributed by atoms with van der Waals surface area (Å²) in [5.41, 5.74) is 5.03. The topological polar surface area (TPSA) is 59.6 Å². The van der Waals surface area contributed by atoms with Gasteiger partial charge in [0.05, 0.1) is 5.56 Å². The Labute approximate surface area is 213 Å². The maximum atomic E-state index is 14.1. The molecule has 1 amide bonds. The first-order chi connectivity index (χ1) is 17.6. The number of carbonyl (C=O) groups is 1. The monoisotopic (exact) mass is 481 g/mol. The number of nitrogens with zero attached hydrogens (tertiary/aromatic N) is 2. The first-order valence-electron chi connectivity index (χ1n) is 13.0. The lowest BCUT2D eigenvalue weighted by atomic mass is 9.99. The molecule has 1 fully saturated rings. The van der Waals surface area contributed by atoms with Gasteiger partial charge in [0.25, 0.3) is 5.91 Å². The SMILES string of the molecule is Cc1[nH]c2ccc(O)cc2c1C(=O)N(CCc1ccccc1)C1CCN(CCc2ccccc2)CC1. The molecular formula is C31H35N3O2. The molecular weight excluding hydrogens is 446 g/mol. The fraction of sp³-hybridized carbons (Fsp3) is 0.323. The molecule has 36 heavy (non-hydrogen) atoms. The Bertz CT molecular complexity index is 1290. The molecule has 3 aromatic carbocycles. The average Bonchev–Trinajstić information content (AvgIpc) is 3.24. The van der Waals surface area contributed by atoms with Gasteiger partial charge >= 0.3 is 0 Å². The minimum absolute atomic E-state index is 0.0583. The van der Waals surface area contributed by atoms with Gasteiger partial charge in [0, 0.05) is 48.8 Å². The van der Waals surface area contributed by atoms with Gasteiger partial charge < -0.3 is 19.9 Å². The normalized spacial score (nSPS) is 14.8. The lowest BCUT2D eigenvalue weighted by molar-refractivity contribution is 0.0578. The number of likely N-dealkylation sites (tertiary alicyclic amines) is 1. The molecule has 0 atom stereocenters. The fourth-order valence-corrected chi connectivity index (χ4v) is 5.46. The van der Waals surface area contributed by atoms with Crippen molar-refractivity contribution in [2.45, 2.75) is 38.6 Å². The van der Waals surface area contributed by atoms with Gasteiger partial charge in [-0.3, -0.25) is 4.79 Å². The van der Waals surface area contributed by atoms with E-state index in [1.165, 1.54) is 11.1 Å². The van der Waals surface area contributed by atoms with E-state index >= 15 is 0 Å². The smallest absolute Gasteiger partial charge is 0.256 e. The summed E-state index contributed by atoms with van der Waals surface area (Å²) in [7, 11) is 0. The summed E-state index contributed by atoms with van der Waals surface area (Å²) in [6.07, 6.45) is 3.83. The molecule has 2 N–H and O–H groups in total. The van der Waals surface area contributed by atoms with Gasteiger partial charge in [-0.05, 0) is 61.9 Å². The van der Waals surface area contributed by atoms with Crippen LogP contribution in [0.15, 0.2) is 78.9 Å². The van der Waals surface area contributed by atoms with Crippen molar-refractivity contribution in [2.24, 2.45) is 0 Å². The predicted octanol–water partition coefficient (Wildman–Crippen LogP) is 5.57. The number of carbonyl (C=O) groups excluding carboxylic acids is 1. The van der Waals surface area contributed by atoms with Gasteiger partial charge in [-0.2, -0.15) is 0 Å². The van der Waals surface area contributed by atoms with Crippen molar-refractivity contribution < 1.29 is 9.90 Å². The number of benzene rings is 3. The Balaban J connectivity index is 1.32. The predicted molar refractivity (Wildman–Crippen MR) is 145 cm³/mol. The molecule has 5 rings (SSSR count). The summed E-state index contributed by atoms with van der Waals surface area (Å²) in [6, 6.07) is 26.5. The molecule has 0 spiro atoms. The zero-order valence-corrected chi connectivity index (χ0v) is 21.0. The molecule has 0 aliphatic carbocycles. The van der Waals surface area contributed by atoms with E-state index in [0.29, 0.717) is 12.1 Å². The minimum Gasteiger partial charge on any atom is -0.508 e.